The van der Waals surface area contributed by atoms with E-state index in [2.05, 4.69) is 25.6 Å². The molecule has 0 fully saturated rings. The molecule has 0 radical (unpaired) electrons. The molecular weight excluding hydrogens is 537 g/mol. The number of hydrogen-bond acceptors (Lipinski definition) is 9. The molecule has 0 saturated heterocycles. The van der Waals surface area contributed by atoms with Crippen molar-refractivity contribution in [2.45, 2.75) is 52.8 Å². The van der Waals surface area contributed by atoms with Crippen molar-refractivity contribution in [2.24, 2.45) is 5.73 Å². The second-order valence-electron chi connectivity index (χ2n) is 8.87. The lowest BCUT2D eigenvalue weighted by molar-refractivity contribution is -0.137. The maximum Gasteiger partial charge on any atom is 0.417 e. The molecule has 1 atom stereocenters. The summed E-state index contributed by atoms with van der Waals surface area (Å²) in [6, 6.07) is 0.504. The second-order valence-corrected chi connectivity index (χ2v) is 8.87. The molecule has 9 nitrogen and oxygen atoms in total. The minimum absolute atomic E-state index is 0.0338. The molecule has 0 spiro atoms. The summed E-state index contributed by atoms with van der Waals surface area (Å²) in [6.07, 6.45) is -4.49. The van der Waals surface area contributed by atoms with Gasteiger partial charge < -0.3 is 31.6 Å². The Morgan fingerprint density at radius 2 is 1.82 bits per heavy atom. The predicted octanol–water partition coefficient (Wildman–Crippen LogP) is 4.81. The van der Waals surface area contributed by atoms with Crippen LogP contribution in [0.2, 0.25) is 0 Å². The molecule has 1 unspecified atom stereocenters. The molecule has 1 aromatic carbocycles. The fourth-order valence-corrected chi connectivity index (χ4v) is 4.14. The van der Waals surface area contributed by atoms with Gasteiger partial charge in [-0.05, 0) is 51.4 Å². The van der Waals surface area contributed by atoms with Crippen molar-refractivity contribution in [3.63, 3.8) is 0 Å². The Balaban J connectivity index is 0.00000216. The van der Waals surface area contributed by atoms with Gasteiger partial charge in [0.2, 0.25) is 5.88 Å². The van der Waals surface area contributed by atoms with Crippen molar-refractivity contribution in [3.8, 4) is 23.1 Å². The zero-order valence-corrected chi connectivity index (χ0v) is 22.8. The van der Waals surface area contributed by atoms with Crippen LogP contribution in [0.25, 0.3) is 22.2 Å². The van der Waals surface area contributed by atoms with Crippen LogP contribution in [0.4, 0.5) is 33.5 Å². The van der Waals surface area contributed by atoms with Crippen LogP contribution in [0, 0.1) is 18.6 Å². The molecule has 4 rings (SSSR count). The first-order valence-electron chi connectivity index (χ1n) is 13.0. The molecule has 0 aliphatic carbocycles. The summed E-state index contributed by atoms with van der Waals surface area (Å²) in [5.74, 6) is -2.50. The lowest BCUT2D eigenvalue weighted by Gasteiger charge is -2.21. The normalized spacial score (nSPS) is 15.8. The molecular formula is C26H34F5N7O2. The fraction of sp³-hybridized carbons (Fsp3) is 0.500. The van der Waals surface area contributed by atoms with Crippen molar-refractivity contribution < 1.29 is 31.4 Å². The molecule has 14 heteroatoms. The lowest BCUT2D eigenvalue weighted by Crippen LogP contribution is -2.26. The monoisotopic (exact) mass is 571 g/mol. The number of hydrogen-bond donors (Lipinski definition) is 4. The molecule has 1 aliphatic rings. The Morgan fingerprint density at radius 3 is 2.50 bits per heavy atom. The van der Waals surface area contributed by atoms with Crippen molar-refractivity contribution in [1.82, 2.24) is 20.3 Å². The smallest absolute Gasteiger partial charge is 0.417 e. The van der Waals surface area contributed by atoms with Crippen LogP contribution < -0.4 is 31.6 Å². The van der Waals surface area contributed by atoms with Crippen LogP contribution in [0.1, 0.15) is 44.7 Å². The molecule has 2 aromatic heterocycles. The third-order valence-corrected chi connectivity index (χ3v) is 6.01. The van der Waals surface area contributed by atoms with Gasteiger partial charge in [0.15, 0.2) is 5.82 Å². The number of alkyl halides is 3. The van der Waals surface area contributed by atoms with Crippen LogP contribution in [0.5, 0.6) is 11.9 Å². The summed E-state index contributed by atoms with van der Waals surface area (Å²) in [6.45, 7) is 8.65. The van der Waals surface area contributed by atoms with E-state index in [1.165, 1.54) is 0 Å². The number of halogens is 5. The molecule has 0 bridgehead atoms. The highest BCUT2D eigenvalue weighted by atomic mass is 19.4. The van der Waals surface area contributed by atoms with E-state index >= 15 is 4.39 Å². The standard InChI is InChI=1S/C24H28F5N7O2.C2H6/c1-11-4-6-32-7-8-33-21-15-20(35-23(36-21)37-9-3-5-30)18(26)19(34-22(15)38-11)13-10-14(31)17(25)12(2)16(13)24(27,28)29;1-2/h10-11,32H,3-9,30-31H2,1-2H3,(H,33,35,36);1-2H3. The summed E-state index contributed by atoms with van der Waals surface area (Å²) in [4.78, 5) is 12.7. The molecule has 220 valence electrons. The number of aromatic nitrogens is 3. The van der Waals surface area contributed by atoms with Crippen LogP contribution in [0.3, 0.4) is 0 Å². The van der Waals surface area contributed by atoms with E-state index in [1.54, 1.807) is 6.92 Å². The second kappa shape index (κ2) is 13.2. The number of pyridine rings is 1. The van der Waals surface area contributed by atoms with Crippen molar-refractivity contribution in [3.05, 3.63) is 28.8 Å². The number of nitrogens with zero attached hydrogens (tertiary/aromatic N) is 3. The summed E-state index contributed by atoms with van der Waals surface area (Å²) in [5.41, 5.74) is 6.54. The van der Waals surface area contributed by atoms with Crippen LogP contribution >= 0.6 is 0 Å². The van der Waals surface area contributed by atoms with Crippen molar-refractivity contribution >= 4 is 22.4 Å². The van der Waals surface area contributed by atoms with Gasteiger partial charge in [0.25, 0.3) is 0 Å². The SMILES string of the molecule is CC.Cc1c(F)c(N)cc(-c2nc3c4c(nc(OCCCN)nc4c2F)NCCNCCC(C)O3)c1C(F)(F)F. The van der Waals surface area contributed by atoms with Gasteiger partial charge in [0.05, 0.1) is 24.0 Å². The Labute approximate surface area is 228 Å². The first kappa shape index (κ1) is 31.0. The average Bonchev–Trinajstić information content (AvgIpc) is 2.94. The van der Waals surface area contributed by atoms with E-state index in [1.807, 2.05) is 13.8 Å². The molecule has 0 amide bonds. The van der Waals surface area contributed by atoms with Gasteiger partial charge in [-0.2, -0.15) is 23.1 Å². The number of nitrogens with one attached hydrogen (secondary N) is 2. The van der Waals surface area contributed by atoms with Gasteiger partial charge in [0, 0.05) is 18.7 Å². The number of ether oxygens (including phenoxy) is 2. The van der Waals surface area contributed by atoms with Crippen LogP contribution in [0.15, 0.2) is 6.07 Å². The van der Waals surface area contributed by atoms with Crippen molar-refractivity contribution in [1.29, 1.82) is 0 Å². The number of benzene rings is 1. The minimum Gasteiger partial charge on any atom is -0.474 e. The van der Waals surface area contributed by atoms with Gasteiger partial charge in [-0.1, -0.05) is 13.8 Å². The minimum atomic E-state index is -5.04. The highest BCUT2D eigenvalue weighted by Gasteiger charge is 2.39. The van der Waals surface area contributed by atoms with E-state index in [0.717, 1.165) is 6.92 Å². The molecule has 6 N–H and O–H groups in total. The van der Waals surface area contributed by atoms with Crippen molar-refractivity contribution in [2.75, 3.05) is 43.8 Å². The van der Waals surface area contributed by atoms with E-state index in [4.69, 9.17) is 20.9 Å². The quantitative estimate of drug-likeness (QED) is 0.194. The topological polar surface area (TPSA) is 133 Å². The molecule has 0 saturated carbocycles. The molecule has 3 heterocycles. The third kappa shape index (κ3) is 6.61. The number of nitrogen functional groups attached to an aromatic ring is 1. The number of nitrogens with two attached hydrogens (primary N) is 2. The average molecular weight is 572 g/mol. The largest absolute Gasteiger partial charge is 0.474 e. The van der Waals surface area contributed by atoms with Gasteiger partial charge >= 0.3 is 12.2 Å². The van der Waals surface area contributed by atoms with Crippen LogP contribution in [-0.4, -0.2) is 53.8 Å². The van der Waals surface area contributed by atoms with E-state index in [0.29, 0.717) is 45.1 Å². The van der Waals surface area contributed by atoms with Gasteiger partial charge in [-0.15, -0.1) is 0 Å². The van der Waals surface area contributed by atoms with E-state index in [9.17, 15) is 17.6 Å². The number of anilines is 2. The Kier molecular flexibility index (Phi) is 10.3. The van der Waals surface area contributed by atoms with Gasteiger partial charge in [-0.3, -0.25) is 0 Å². The Morgan fingerprint density at radius 1 is 1.10 bits per heavy atom. The lowest BCUT2D eigenvalue weighted by atomic mass is 9.96. The molecule has 3 aromatic rings. The molecule has 40 heavy (non-hydrogen) atoms. The first-order valence-corrected chi connectivity index (χ1v) is 13.0. The zero-order chi connectivity index (χ0) is 29.6. The summed E-state index contributed by atoms with van der Waals surface area (Å²) in [5, 5.41) is 6.32. The zero-order valence-electron chi connectivity index (χ0n) is 22.8. The number of rotatable bonds is 5. The summed E-state index contributed by atoms with van der Waals surface area (Å²) in [7, 11) is 0. The van der Waals surface area contributed by atoms with E-state index in [-0.39, 0.29) is 35.2 Å². The van der Waals surface area contributed by atoms with Crippen LogP contribution in [-0.2, 0) is 6.18 Å². The first-order chi connectivity index (χ1) is 19.0. The highest BCUT2D eigenvalue weighted by Crippen LogP contribution is 2.44. The summed E-state index contributed by atoms with van der Waals surface area (Å²) >= 11 is 0. The molecule has 1 aliphatic heterocycles. The maximum atomic E-state index is 16.1. The maximum absolute atomic E-state index is 16.1. The fourth-order valence-electron chi connectivity index (χ4n) is 4.14. The van der Waals surface area contributed by atoms with Gasteiger partial charge in [0.1, 0.15) is 28.2 Å². The summed E-state index contributed by atoms with van der Waals surface area (Å²) < 4.78 is 84.4. The van der Waals surface area contributed by atoms with E-state index < -0.39 is 52.0 Å². The third-order valence-electron chi connectivity index (χ3n) is 6.01. The Hall–Kier alpha value is -3.52. The predicted molar refractivity (Wildman–Crippen MR) is 143 cm³/mol. The highest BCUT2D eigenvalue weighted by molar-refractivity contribution is 5.96. The Bertz CT molecular complexity index is 1340. The van der Waals surface area contributed by atoms with Gasteiger partial charge in [-0.25, -0.2) is 13.8 Å².